The molecule has 0 aliphatic carbocycles. The molecule has 0 atom stereocenters. The van der Waals surface area contributed by atoms with Gasteiger partial charge in [0.05, 0.1) is 0 Å². The average Bonchev–Trinajstić information content (AvgIpc) is 2.65. The Kier molecular flexibility index (Phi) is 10.0. The number of hydrogen-bond donors (Lipinski definition) is 1. The van der Waals surface area contributed by atoms with Gasteiger partial charge in [0.15, 0.2) is 0 Å². The summed E-state index contributed by atoms with van der Waals surface area (Å²) in [5.74, 6) is 0.783. The fraction of sp³-hybridized carbons (Fsp3) is 0.364. The third-order valence-electron chi connectivity index (χ3n) is 3.71. The van der Waals surface area contributed by atoms with Crippen LogP contribution in [-0.2, 0) is 27.4 Å². The van der Waals surface area contributed by atoms with Crippen molar-refractivity contribution in [1.82, 2.24) is 5.32 Å². The van der Waals surface area contributed by atoms with E-state index >= 15 is 0 Å². The van der Waals surface area contributed by atoms with Gasteiger partial charge in [-0.3, -0.25) is 4.79 Å². The minimum absolute atomic E-state index is 0.0513. The van der Waals surface area contributed by atoms with E-state index in [1.807, 2.05) is 48.5 Å². The SMILES string of the molecule is CC(C)(C)CNC(=O)CCc1ccc(OCc2ccccc2)cc1Cl.O=C=O. The Morgan fingerprint density at radius 2 is 1.75 bits per heavy atom. The number of hydrogen-bond acceptors (Lipinski definition) is 4. The molecular weight excluding hydrogens is 378 g/mol. The molecule has 0 radical (unpaired) electrons. The van der Waals surface area contributed by atoms with E-state index in [-0.39, 0.29) is 17.5 Å². The highest BCUT2D eigenvalue weighted by Gasteiger charge is 2.12. The predicted molar refractivity (Wildman–Crippen MR) is 108 cm³/mol. The predicted octanol–water partition coefficient (Wildman–Crippen LogP) is 4.43. The van der Waals surface area contributed by atoms with Gasteiger partial charge in [0.25, 0.3) is 0 Å². The topological polar surface area (TPSA) is 72.5 Å². The summed E-state index contributed by atoms with van der Waals surface area (Å²) in [6.45, 7) is 7.46. The Bertz CT molecular complexity index is 779. The molecule has 6 heteroatoms. The van der Waals surface area contributed by atoms with Gasteiger partial charge >= 0.3 is 6.15 Å². The van der Waals surface area contributed by atoms with E-state index in [4.69, 9.17) is 25.9 Å². The first-order chi connectivity index (χ1) is 13.2. The molecule has 28 heavy (non-hydrogen) atoms. The summed E-state index contributed by atoms with van der Waals surface area (Å²) in [5, 5.41) is 3.59. The van der Waals surface area contributed by atoms with Gasteiger partial charge in [0.1, 0.15) is 12.4 Å². The van der Waals surface area contributed by atoms with Crippen LogP contribution < -0.4 is 10.1 Å². The van der Waals surface area contributed by atoms with E-state index in [0.29, 0.717) is 31.0 Å². The number of carbonyl (C=O) groups excluding carboxylic acids is 3. The van der Waals surface area contributed by atoms with Gasteiger partial charge in [-0.05, 0) is 35.1 Å². The van der Waals surface area contributed by atoms with Gasteiger partial charge in [-0.25, -0.2) is 0 Å². The minimum atomic E-state index is 0.0513. The lowest BCUT2D eigenvalue weighted by Crippen LogP contribution is -2.32. The zero-order valence-corrected chi connectivity index (χ0v) is 17.2. The van der Waals surface area contributed by atoms with Crippen LogP contribution in [0.4, 0.5) is 0 Å². The lowest BCUT2D eigenvalue weighted by atomic mass is 9.97. The summed E-state index contributed by atoms with van der Waals surface area (Å²) in [5.41, 5.74) is 2.16. The molecule has 2 rings (SSSR count). The van der Waals surface area contributed by atoms with E-state index < -0.39 is 0 Å². The normalized spacial score (nSPS) is 10.3. The Balaban J connectivity index is 0.00000122. The third kappa shape index (κ3) is 9.91. The fourth-order valence-electron chi connectivity index (χ4n) is 2.26. The van der Waals surface area contributed by atoms with E-state index in [2.05, 4.69) is 26.1 Å². The van der Waals surface area contributed by atoms with Crippen molar-refractivity contribution in [2.24, 2.45) is 5.41 Å². The van der Waals surface area contributed by atoms with Crippen LogP contribution in [0, 0.1) is 5.41 Å². The highest BCUT2D eigenvalue weighted by atomic mass is 35.5. The number of benzene rings is 2. The molecular formula is C22H26ClNO4. The number of rotatable bonds is 7. The molecule has 0 fully saturated rings. The largest absolute Gasteiger partial charge is 0.489 e. The van der Waals surface area contributed by atoms with Crippen LogP contribution >= 0.6 is 11.6 Å². The molecule has 0 saturated carbocycles. The second-order valence-electron chi connectivity index (χ2n) is 7.45. The first kappa shape index (κ1) is 23.4. The summed E-state index contributed by atoms with van der Waals surface area (Å²) >= 11 is 6.33. The van der Waals surface area contributed by atoms with E-state index in [9.17, 15) is 4.79 Å². The monoisotopic (exact) mass is 403 g/mol. The molecule has 5 nitrogen and oxygen atoms in total. The van der Waals surface area contributed by atoms with Crippen molar-refractivity contribution in [2.75, 3.05) is 6.54 Å². The number of aryl methyl sites for hydroxylation is 1. The van der Waals surface area contributed by atoms with Crippen LogP contribution in [0.25, 0.3) is 0 Å². The highest BCUT2D eigenvalue weighted by Crippen LogP contribution is 2.24. The van der Waals surface area contributed by atoms with Crippen LogP contribution in [0.15, 0.2) is 48.5 Å². The van der Waals surface area contributed by atoms with Crippen molar-refractivity contribution in [3.05, 3.63) is 64.7 Å². The molecule has 0 aromatic heterocycles. The average molecular weight is 404 g/mol. The van der Waals surface area contributed by atoms with Gasteiger partial charge in [-0.1, -0.05) is 68.8 Å². The maximum Gasteiger partial charge on any atom is 0.373 e. The molecule has 0 aliphatic rings. The second-order valence-corrected chi connectivity index (χ2v) is 7.86. The first-order valence-electron chi connectivity index (χ1n) is 8.96. The van der Waals surface area contributed by atoms with Crippen molar-refractivity contribution >= 4 is 23.7 Å². The lowest BCUT2D eigenvalue weighted by molar-refractivity contribution is -0.191. The van der Waals surface area contributed by atoms with Gasteiger partial charge < -0.3 is 10.1 Å². The second kappa shape index (κ2) is 12.0. The first-order valence-corrected chi connectivity index (χ1v) is 9.34. The number of amides is 1. The van der Waals surface area contributed by atoms with Crippen molar-refractivity contribution in [3.63, 3.8) is 0 Å². The molecule has 0 aliphatic heterocycles. The molecule has 2 aromatic rings. The van der Waals surface area contributed by atoms with Crippen LogP contribution in [0.2, 0.25) is 5.02 Å². The van der Waals surface area contributed by atoms with Crippen molar-refractivity contribution in [3.8, 4) is 5.75 Å². The van der Waals surface area contributed by atoms with E-state index in [0.717, 1.165) is 16.9 Å². The molecule has 1 N–H and O–H groups in total. The molecule has 0 spiro atoms. The molecule has 0 saturated heterocycles. The molecule has 150 valence electrons. The molecule has 0 bridgehead atoms. The maximum absolute atomic E-state index is 11.9. The van der Waals surface area contributed by atoms with Crippen molar-refractivity contribution < 1.29 is 19.1 Å². The lowest BCUT2D eigenvalue weighted by Gasteiger charge is -2.18. The van der Waals surface area contributed by atoms with Gasteiger partial charge in [0.2, 0.25) is 5.91 Å². The van der Waals surface area contributed by atoms with Crippen LogP contribution in [0.5, 0.6) is 5.75 Å². The fourth-order valence-corrected chi connectivity index (χ4v) is 2.53. The smallest absolute Gasteiger partial charge is 0.373 e. The summed E-state index contributed by atoms with van der Waals surface area (Å²) < 4.78 is 5.77. The third-order valence-corrected chi connectivity index (χ3v) is 4.06. The van der Waals surface area contributed by atoms with Crippen LogP contribution in [0.3, 0.4) is 0 Å². The van der Waals surface area contributed by atoms with Gasteiger partial charge in [0, 0.05) is 18.0 Å². The van der Waals surface area contributed by atoms with Gasteiger partial charge in [-0.2, -0.15) is 9.59 Å². The van der Waals surface area contributed by atoms with E-state index in [1.165, 1.54) is 0 Å². The summed E-state index contributed by atoms with van der Waals surface area (Å²) in [4.78, 5) is 28.2. The molecule has 0 unspecified atom stereocenters. The Morgan fingerprint density at radius 3 is 2.32 bits per heavy atom. The summed E-state index contributed by atoms with van der Waals surface area (Å²) in [7, 11) is 0. The van der Waals surface area contributed by atoms with Crippen molar-refractivity contribution in [2.45, 2.75) is 40.2 Å². The summed E-state index contributed by atoms with van der Waals surface area (Å²) in [6, 6.07) is 15.6. The zero-order chi connectivity index (χ0) is 21.0. The maximum atomic E-state index is 11.9. The Morgan fingerprint density at radius 1 is 1.11 bits per heavy atom. The molecule has 0 heterocycles. The molecule has 2 aromatic carbocycles. The number of nitrogens with one attached hydrogen (secondary N) is 1. The highest BCUT2D eigenvalue weighted by molar-refractivity contribution is 6.31. The standard InChI is InChI=1S/C21H26ClNO2.CO2/c1-21(2,3)15-23-20(24)12-10-17-9-11-18(13-19(17)22)25-14-16-7-5-4-6-8-16;2-1-3/h4-9,11,13H,10,12,14-15H2,1-3H3,(H,23,24);. The number of carbonyl (C=O) groups is 1. The van der Waals surface area contributed by atoms with Crippen LogP contribution in [-0.4, -0.2) is 18.6 Å². The quantitative estimate of drug-likeness (QED) is 0.742. The van der Waals surface area contributed by atoms with E-state index in [1.54, 1.807) is 0 Å². The molecule has 1 amide bonds. The summed E-state index contributed by atoms with van der Waals surface area (Å²) in [6.07, 6.45) is 1.30. The van der Waals surface area contributed by atoms with Crippen molar-refractivity contribution in [1.29, 1.82) is 0 Å². The minimum Gasteiger partial charge on any atom is -0.489 e. The van der Waals surface area contributed by atoms with Gasteiger partial charge in [-0.15, -0.1) is 0 Å². The zero-order valence-electron chi connectivity index (χ0n) is 16.5. The number of halogens is 1. The number of ether oxygens (including phenoxy) is 1. The van der Waals surface area contributed by atoms with Crippen LogP contribution in [0.1, 0.15) is 38.3 Å². The Labute approximate surface area is 171 Å². The Hall–Kier alpha value is -2.62.